The van der Waals surface area contributed by atoms with Crippen molar-refractivity contribution in [2.24, 2.45) is 0 Å². The quantitative estimate of drug-likeness (QED) is 0.697. The molecule has 3 aromatic rings. The monoisotopic (exact) mass is 420 g/mol. The van der Waals surface area contributed by atoms with Gasteiger partial charge in [0.1, 0.15) is 17.5 Å². The van der Waals surface area contributed by atoms with E-state index in [1.807, 2.05) is 12.1 Å². The average Bonchev–Trinajstić information content (AvgIpc) is 3.13. The zero-order chi connectivity index (χ0) is 21.4. The first-order valence-electron chi connectivity index (χ1n) is 10.3. The molecule has 2 aromatic carbocycles. The van der Waals surface area contributed by atoms with Crippen molar-refractivity contribution >= 4 is 17.4 Å². The first-order valence-corrected chi connectivity index (χ1v) is 10.3. The van der Waals surface area contributed by atoms with E-state index in [1.54, 1.807) is 0 Å². The number of hydrogen-bond donors (Lipinski definition) is 1. The molecule has 1 atom stereocenters. The number of hydrogen-bond acceptors (Lipinski definition) is 4. The predicted molar refractivity (Wildman–Crippen MR) is 115 cm³/mol. The van der Waals surface area contributed by atoms with Crippen molar-refractivity contribution in [2.45, 2.75) is 19.0 Å². The van der Waals surface area contributed by atoms with Crippen molar-refractivity contribution in [3.63, 3.8) is 0 Å². The summed E-state index contributed by atoms with van der Waals surface area (Å²) in [4.78, 5) is 21.9. The van der Waals surface area contributed by atoms with Gasteiger partial charge in [-0.25, -0.2) is 13.8 Å². The minimum absolute atomic E-state index is 0.0547. The number of benzene rings is 2. The number of amides is 1. The summed E-state index contributed by atoms with van der Waals surface area (Å²) >= 11 is 0. The van der Waals surface area contributed by atoms with Gasteiger partial charge in [-0.05, 0) is 35.7 Å². The van der Waals surface area contributed by atoms with Crippen molar-refractivity contribution in [2.75, 3.05) is 29.9 Å². The number of carbonyl (C=O) groups is 1. The van der Waals surface area contributed by atoms with E-state index in [0.29, 0.717) is 11.6 Å². The van der Waals surface area contributed by atoms with Crippen LogP contribution in [-0.4, -0.2) is 41.5 Å². The summed E-state index contributed by atoms with van der Waals surface area (Å²) in [5, 5.41) is 2.50. The Bertz CT molecular complexity index is 1120. The number of carbonyl (C=O) groups excluding carboxylic acids is 1. The molecule has 2 aliphatic rings. The van der Waals surface area contributed by atoms with Crippen LogP contribution in [0.5, 0.6) is 0 Å². The van der Waals surface area contributed by atoms with Gasteiger partial charge in [0.05, 0.1) is 11.3 Å². The molecule has 5 nitrogen and oxygen atoms in total. The molecule has 7 heteroatoms. The van der Waals surface area contributed by atoms with Crippen molar-refractivity contribution in [1.29, 1.82) is 0 Å². The lowest BCUT2D eigenvalue weighted by Crippen LogP contribution is -2.51. The molecule has 0 saturated carbocycles. The Labute approximate surface area is 179 Å². The highest BCUT2D eigenvalue weighted by atomic mass is 19.1. The summed E-state index contributed by atoms with van der Waals surface area (Å²) in [6, 6.07) is 15.7. The molecule has 0 radical (unpaired) electrons. The van der Waals surface area contributed by atoms with Crippen LogP contribution in [0.1, 0.15) is 21.5 Å². The van der Waals surface area contributed by atoms with E-state index >= 15 is 0 Å². The first-order chi connectivity index (χ1) is 15.1. The Morgan fingerprint density at radius 1 is 1.10 bits per heavy atom. The Balaban J connectivity index is 1.28. The van der Waals surface area contributed by atoms with Gasteiger partial charge in [-0.2, -0.15) is 0 Å². The van der Waals surface area contributed by atoms with Crippen molar-refractivity contribution in [3.8, 4) is 0 Å². The molecule has 2 aliphatic heterocycles. The smallest absolute Gasteiger partial charge is 0.257 e. The standard InChI is InChI=1S/C24H22F2N4O/c25-19-6-7-22(21(26)12-19)28-24(31)18-10-17-11-20-15-29(14-16-4-2-1-3-5-16)8-9-30(20)23(17)27-13-18/h1-7,10,12-13,20H,8-9,11,14-15H2,(H,28,31). The Hall–Kier alpha value is -3.32. The third kappa shape index (κ3) is 4.01. The molecule has 5 rings (SSSR count). The van der Waals surface area contributed by atoms with Crippen molar-refractivity contribution < 1.29 is 13.6 Å². The largest absolute Gasteiger partial charge is 0.350 e. The number of nitrogens with zero attached hydrogens (tertiary/aromatic N) is 3. The average molecular weight is 420 g/mol. The molecule has 3 heterocycles. The molecule has 0 aliphatic carbocycles. The van der Waals surface area contributed by atoms with E-state index in [2.05, 4.69) is 44.4 Å². The van der Waals surface area contributed by atoms with Gasteiger partial charge in [-0.3, -0.25) is 9.69 Å². The molecule has 1 saturated heterocycles. The fraction of sp³-hybridized carbons (Fsp3) is 0.250. The minimum atomic E-state index is -0.807. The van der Waals surface area contributed by atoms with Gasteiger partial charge < -0.3 is 10.2 Å². The molecule has 0 bridgehead atoms. The zero-order valence-corrected chi connectivity index (χ0v) is 16.9. The third-order valence-electron chi connectivity index (χ3n) is 5.93. The molecule has 1 aromatic heterocycles. The number of pyridine rings is 1. The maximum atomic E-state index is 13.9. The van der Waals surface area contributed by atoms with E-state index in [-0.39, 0.29) is 5.69 Å². The maximum absolute atomic E-state index is 13.9. The van der Waals surface area contributed by atoms with Crippen molar-refractivity contribution in [1.82, 2.24) is 9.88 Å². The minimum Gasteiger partial charge on any atom is -0.350 e. The lowest BCUT2D eigenvalue weighted by Gasteiger charge is -2.38. The van der Waals surface area contributed by atoms with E-state index in [0.717, 1.165) is 56.1 Å². The number of aromatic nitrogens is 1. The molecule has 1 fully saturated rings. The summed E-state index contributed by atoms with van der Waals surface area (Å²) in [6.45, 7) is 3.71. The van der Waals surface area contributed by atoms with Gasteiger partial charge in [0.15, 0.2) is 0 Å². The van der Waals surface area contributed by atoms with Gasteiger partial charge >= 0.3 is 0 Å². The van der Waals surface area contributed by atoms with Gasteiger partial charge in [-0.15, -0.1) is 0 Å². The lowest BCUT2D eigenvalue weighted by molar-refractivity contribution is 0.102. The molecule has 1 amide bonds. The summed E-state index contributed by atoms with van der Waals surface area (Å²) in [7, 11) is 0. The summed E-state index contributed by atoms with van der Waals surface area (Å²) in [5.41, 5.74) is 2.64. The van der Waals surface area contributed by atoms with E-state index in [4.69, 9.17) is 0 Å². The molecule has 1 N–H and O–H groups in total. The fourth-order valence-corrected chi connectivity index (χ4v) is 4.43. The second-order valence-corrected chi connectivity index (χ2v) is 8.06. The lowest BCUT2D eigenvalue weighted by atomic mass is 10.1. The number of piperazine rings is 1. The first kappa shape index (κ1) is 19.6. The summed E-state index contributed by atoms with van der Waals surface area (Å²) in [6.07, 6.45) is 2.34. The van der Waals surface area contributed by atoms with Gasteiger partial charge in [0.25, 0.3) is 5.91 Å². The van der Waals surface area contributed by atoms with Crippen LogP contribution in [0.15, 0.2) is 60.8 Å². The molecule has 158 valence electrons. The van der Waals surface area contributed by atoms with Gasteiger partial charge in [-0.1, -0.05) is 30.3 Å². The fourth-order valence-electron chi connectivity index (χ4n) is 4.43. The number of nitrogens with one attached hydrogen (secondary N) is 1. The SMILES string of the molecule is O=C(Nc1ccc(F)cc1F)c1cnc2c(c1)CC1CN(Cc3ccccc3)CCN21. The second-order valence-electron chi connectivity index (χ2n) is 8.06. The summed E-state index contributed by atoms with van der Waals surface area (Å²) in [5.74, 6) is -1.03. The normalized spacial score (nSPS) is 17.9. The number of halogens is 2. The molecule has 0 spiro atoms. The number of anilines is 2. The van der Waals surface area contributed by atoms with Crippen LogP contribution in [-0.2, 0) is 13.0 Å². The van der Waals surface area contributed by atoms with Crippen LogP contribution in [0.3, 0.4) is 0 Å². The highest BCUT2D eigenvalue weighted by Crippen LogP contribution is 2.33. The Kier molecular flexibility index (Phi) is 5.11. The maximum Gasteiger partial charge on any atom is 0.257 e. The van der Waals surface area contributed by atoms with Crippen LogP contribution >= 0.6 is 0 Å². The molecule has 31 heavy (non-hydrogen) atoms. The van der Waals surface area contributed by atoms with Crippen molar-refractivity contribution in [3.05, 3.63) is 89.1 Å². The molecular formula is C24H22F2N4O. The molecular weight excluding hydrogens is 398 g/mol. The van der Waals surface area contributed by atoms with Crippen LogP contribution in [0, 0.1) is 11.6 Å². The number of fused-ring (bicyclic) bond motifs is 3. The Morgan fingerprint density at radius 3 is 2.74 bits per heavy atom. The number of rotatable bonds is 4. The summed E-state index contributed by atoms with van der Waals surface area (Å²) < 4.78 is 26.9. The van der Waals surface area contributed by atoms with Crippen LogP contribution in [0.4, 0.5) is 20.3 Å². The van der Waals surface area contributed by atoms with E-state index < -0.39 is 17.5 Å². The van der Waals surface area contributed by atoms with E-state index in [9.17, 15) is 13.6 Å². The second kappa shape index (κ2) is 8.07. The van der Waals surface area contributed by atoms with Crippen LogP contribution < -0.4 is 10.2 Å². The van der Waals surface area contributed by atoms with Gasteiger partial charge in [0, 0.05) is 44.5 Å². The molecule has 1 unspecified atom stereocenters. The highest BCUT2D eigenvalue weighted by Gasteiger charge is 2.35. The Morgan fingerprint density at radius 2 is 1.94 bits per heavy atom. The third-order valence-corrected chi connectivity index (χ3v) is 5.93. The van der Waals surface area contributed by atoms with E-state index in [1.165, 1.54) is 17.8 Å². The van der Waals surface area contributed by atoms with Crippen LogP contribution in [0.2, 0.25) is 0 Å². The predicted octanol–water partition coefficient (Wildman–Crippen LogP) is 3.86. The van der Waals surface area contributed by atoms with Gasteiger partial charge in [0.2, 0.25) is 0 Å². The highest BCUT2D eigenvalue weighted by molar-refractivity contribution is 6.04. The van der Waals surface area contributed by atoms with Crippen LogP contribution in [0.25, 0.3) is 0 Å². The topological polar surface area (TPSA) is 48.5 Å². The zero-order valence-electron chi connectivity index (χ0n) is 16.9.